The minimum absolute atomic E-state index is 0.696. The fraction of sp³-hybridized carbons (Fsp3) is 0.333. The maximum absolute atomic E-state index is 6.04. The van der Waals surface area contributed by atoms with Crippen LogP contribution in [0.15, 0.2) is 22.7 Å². The Hall–Kier alpha value is -0.710. The van der Waals surface area contributed by atoms with Gasteiger partial charge in [-0.2, -0.15) is 0 Å². The molecule has 0 bridgehead atoms. The van der Waals surface area contributed by atoms with Crippen LogP contribution in [0.5, 0.6) is 0 Å². The van der Waals surface area contributed by atoms with Gasteiger partial charge < -0.3 is 4.98 Å². The number of aromatic nitrogens is 2. The highest BCUT2D eigenvalue weighted by Crippen LogP contribution is 2.28. The maximum atomic E-state index is 6.04. The van der Waals surface area contributed by atoms with Crippen molar-refractivity contribution in [2.45, 2.75) is 32.1 Å². The molecule has 1 aromatic carbocycles. The van der Waals surface area contributed by atoms with E-state index in [4.69, 9.17) is 23.8 Å². The summed E-state index contributed by atoms with van der Waals surface area (Å²) in [6, 6.07) is 5.80. The molecule has 1 aliphatic carbocycles. The quantitative estimate of drug-likeness (QED) is 0.532. The third-order valence-electron chi connectivity index (χ3n) is 3.65. The van der Waals surface area contributed by atoms with Crippen LogP contribution in [-0.4, -0.2) is 9.97 Å². The van der Waals surface area contributed by atoms with Crippen LogP contribution in [-0.2, 0) is 12.8 Å². The number of aromatic amines is 1. The number of fused-ring (bicyclic) bond motifs is 1. The summed E-state index contributed by atoms with van der Waals surface area (Å²) in [7, 11) is 0. The largest absolute Gasteiger partial charge is 0.343 e. The van der Waals surface area contributed by atoms with E-state index in [0.29, 0.717) is 5.02 Å². The molecule has 3 rings (SSSR count). The minimum atomic E-state index is 0.696. The standard InChI is InChI=1S/C15H14BrClN2S/c16-11-8-9(6-7-12(11)17)14-18-13-5-3-1-2-4-10(13)15(20)19-14/h6-8H,1-5H2,(H,18,19,20). The van der Waals surface area contributed by atoms with E-state index in [1.54, 1.807) is 0 Å². The molecule has 0 radical (unpaired) electrons. The Morgan fingerprint density at radius 2 is 2.00 bits per heavy atom. The monoisotopic (exact) mass is 368 g/mol. The Kier molecular flexibility index (Phi) is 4.24. The van der Waals surface area contributed by atoms with Gasteiger partial charge in [0.05, 0.1) is 5.02 Å². The zero-order chi connectivity index (χ0) is 14.1. The van der Waals surface area contributed by atoms with E-state index in [2.05, 4.69) is 25.9 Å². The summed E-state index contributed by atoms with van der Waals surface area (Å²) in [5.41, 5.74) is 3.48. The first-order valence-corrected chi connectivity index (χ1v) is 8.30. The van der Waals surface area contributed by atoms with Crippen molar-refractivity contribution in [3.05, 3.63) is 43.6 Å². The van der Waals surface area contributed by atoms with Crippen LogP contribution in [0, 0.1) is 4.64 Å². The summed E-state index contributed by atoms with van der Waals surface area (Å²) in [4.78, 5) is 8.03. The summed E-state index contributed by atoms with van der Waals surface area (Å²) in [6.45, 7) is 0. The first-order valence-electron chi connectivity index (χ1n) is 6.72. The Balaban J connectivity index is 2.10. The molecule has 2 nitrogen and oxygen atoms in total. The molecule has 1 aliphatic rings. The molecule has 20 heavy (non-hydrogen) atoms. The molecule has 0 unspecified atom stereocenters. The summed E-state index contributed by atoms with van der Waals surface area (Å²) in [6.07, 6.45) is 5.79. The SMILES string of the molecule is S=c1nc(-c2ccc(Cl)c(Br)c2)[nH]c2c1CCCCC2. The summed E-state index contributed by atoms with van der Waals surface area (Å²) in [5, 5.41) is 0.696. The van der Waals surface area contributed by atoms with E-state index in [1.807, 2.05) is 18.2 Å². The van der Waals surface area contributed by atoms with Crippen molar-refractivity contribution in [2.24, 2.45) is 0 Å². The molecule has 0 atom stereocenters. The number of hydrogen-bond donors (Lipinski definition) is 1. The predicted molar refractivity (Wildman–Crippen MR) is 88.8 cm³/mol. The number of aryl methyl sites for hydroxylation is 1. The van der Waals surface area contributed by atoms with Gasteiger partial charge in [-0.05, 0) is 59.8 Å². The smallest absolute Gasteiger partial charge is 0.139 e. The lowest BCUT2D eigenvalue weighted by molar-refractivity contribution is 0.708. The van der Waals surface area contributed by atoms with Gasteiger partial charge in [0.1, 0.15) is 10.5 Å². The summed E-state index contributed by atoms with van der Waals surface area (Å²) in [5.74, 6) is 0.827. The van der Waals surface area contributed by atoms with E-state index in [1.165, 1.54) is 30.5 Å². The Bertz CT molecular complexity index is 712. The Labute approximate surface area is 136 Å². The van der Waals surface area contributed by atoms with E-state index in [9.17, 15) is 0 Å². The molecule has 0 amide bonds. The normalized spacial score (nSPS) is 14.7. The zero-order valence-electron chi connectivity index (χ0n) is 10.9. The third kappa shape index (κ3) is 2.83. The maximum Gasteiger partial charge on any atom is 0.139 e. The van der Waals surface area contributed by atoms with Crippen molar-refractivity contribution in [2.75, 3.05) is 0 Å². The number of nitrogens with zero attached hydrogens (tertiary/aromatic N) is 1. The second-order valence-electron chi connectivity index (χ2n) is 5.04. The third-order valence-corrected chi connectivity index (χ3v) is 5.20. The van der Waals surface area contributed by atoms with Gasteiger partial charge in [-0.25, -0.2) is 4.98 Å². The van der Waals surface area contributed by atoms with Crippen molar-refractivity contribution in [3.63, 3.8) is 0 Å². The van der Waals surface area contributed by atoms with Gasteiger partial charge in [0, 0.05) is 21.3 Å². The van der Waals surface area contributed by atoms with Gasteiger partial charge in [0.15, 0.2) is 0 Å². The average Bonchev–Trinajstić information content (AvgIpc) is 2.67. The molecule has 0 aliphatic heterocycles. The number of H-pyrrole nitrogens is 1. The first kappa shape index (κ1) is 14.2. The molecule has 1 aromatic heterocycles. The highest BCUT2D eigenvalue weighted by molar-refractivity contribution is 9.10. The van der Waals surface area contributed by atoms with Crippen molar-refractivity contribution >= 4 is 39.7 Å². The van der Waals surface area contributed by atoms with Gasteiger partial charge >= 0.3 is 0 Å². The van der Waals surface area contributed by atoms with Crippen molar-refractivity contribution in [1.82, 2.24) is 9.97 Å². The van der Waals surface area contributed by atoms with E-state index >= 15 is 0 Å². The fourth-order valence-electron chi connectivity index (χ4n) is 2.58. The number of rotatable bonds is 1. The van der Waals surface area contributed by atoms with Crippen LogP contribution >= 0.6 is 39.7 Å². The molecule has 1 heterocycles. The molecular weight excluding hydrogens is 356 g/mol. The Morgan fingerprint density at radius 3 is 2.80 bits per heavy atom. The van der Waals surface area contributed by atoms with Gasteiger partial charge in [-0.15, -0.1) is 0 Å². The molecule has 0 spiro atoms. The van der Waals surface area contributed by atoms with Crippen LogP contribution in [0.3, 0.4) is 0 Å². The molecule has 5 heteroatoms. The average molecular weight is 370 g/mol. The minimum Gasteiger partial charge on any atom is -0.343 e. The molecule has 1 N–H and O–H groups in total. The van der Waals surface area contributed by atoms with Crippen molar-refractivity contribution in [1.29, 1.82) is 0 Å². The van der Waals surface area contributed by atoms with Crippen molar-refractivity contribution in [3.8, 4) is 11.4 Å². The second-order valence-corrected chi connectivity index (χ2v) is 6.69. The van der Waals surface area contributed by atoms with E-state index in [0.717, 1.165) is 33.3 Å². The van der Waals surface area contributed by atoms with Crippen LogP contribution in [0.4, 0.5) is 0 Å². The van der Waals surface area contributed by atoms with Gasteiger partial charge in [-0.1, -0.05) is 30.2 Å². The first-order chi connectivity index (χ1) is 9.65. The fourth-order valence-corrected chi connectivity index (χ4v) is 3.39. The Morgan fingerprint density at radius 1 is 1.20 bits per heavy atom. The molecule has 2 aromatic rings. The molecule has 0 saturated heterocycles. The highest BCUT2D eigenvalue weighted by Gasteiger charge is 2.13. The molecule has 0 fully saturated rings. The number of nitrogens with one attached hydrogen (secondary N) is 1. The van der Waals surface area contributed by atoms with Crippen LogP contribution in [0.25, 0.3) is 11.4 Å². The predicted octanol–water partition coefficient (Wildman–Crippen LogP) is 5.49. The summed E-state index contributed by atoms with van der Waals surface area (Å²) >= 11 is 15.0. The van der Waals surface area contributed by atoms with Gasteiger partial charge in [-0.3, -0.25) is 0 Å². The molecular formula is C15H14BrClN2S. The molecule has 104 valence electrons. The van der Waals surface area contributed by atoms with E-state index in [-0.39, 0.29) is 0 Å². The van der Waals surface area contributed by atoms with Crippen LogP contribution in [0.1, 0.15) is 30.5 Å². The number of halogens is 2. The van der Waals surface area contributed by atoms with Gasteiger partial charge in [0.2, 0.25) is 0 Å². The van der Waals surface area contributed by atoms with E-state index < -0.39 is 0 Å². The zero-order valence-corrected chi connectivity index (χ0v) is 14.0. The topological polar surface area (TPSA) is 28.7 Å². The number of hydrogen-bond acceptors (Lipinski definition) is 2. The lowest BCUT2D eigenvalue weighted by Gasteiger charge is -2.10. The number of benzene rings is 1. The lowest BCUT2D eigenvalue weighted by Crippen LogP contribution is -2.02. The lowest BCUT2D eigenvalue weighted by atomic mass is 10.1. The van der Waals surface area contributed by atoms with Gasteiger partial charge in [0.25, 0.3) is 0 Å². The second kappa shape index (κ2) is 5.96. The van der Waals surface area contributed by atoms with Crippen LogP contribution < -0.4 is 0 Å². The summed E-state index contributed by atoms with van der Waals surface area (Å²) < 4.78 is 1.61. The highest BCUT2D eigenvalue weighted by atomic mass is 79.9. The van der Waals surface area contributed by atoms with Crippen molar-refractivity contribution < 1.29 is 0 Å². The van der Waals surface area contributed by atoms with Crippen LogP contribution in [0.2, 0.25) is 5.02 Å². The molecule has 0 saturated carbocycles.